The van der Waals surface area contributed by atoms with Crippen LogP contribution < -0.4 is 5.32 Å². The lowest BCUT2D eigenvalue weighted by molar-refractivity contribution is 0.102. The molecule has 0 bridgehead atoms. The van der Waals surface area contributed by atoms with Crippen molar-refractivity contribution in [1.29, 1.82) is 0 Å². The van der Waals surface area contributed by atoms with Gasteiger partial charge in [-0.15, -0.1) is 0 Å². The van der Waals surface area contributed by atoms with Crippen LogP contribution in [0.5, 0.6) is 0 Å². The van der Waals surface area contributed by atoms with Gasteiger partial charge in [-0.25, -0.2) is 0 Å². The molecule has 3 rings (SSSR count). The highest BCUT2D eigenvalue weighted by Crippen LogP contribution is 2.33. The van der Waals surface area contributed by atoms with E-state index in [2.05, 4.69) is 5.32 Å². The van der Waals surface area contributed by atoms with E-state index in [-0.39, 0.29) is 11.8 Å². The monoisotopic (exact) mass is 370 g/mol. The lowest BCUT2D eigenvalue weighted by Crippen LogP contribution is -2.47. The number of benzene rings is 2. The summed E-state index contributed by atoms with van der Waals surface area (Å²) in [7, 11) is 0. The van der Waals surface area contributed by atoms with Crippen molar-refractivity contribution in [3.8, 4) is 0 Å². The molecule has 0 fully saturated rings. The van der Waals surface area contributed by atoms with Gasteiger partial charge in [-0.3, -0.25) is 4.79 Å². The SMILES string of the molecule is CCN1C(=S)NC(c2cccc(Cl)c2)C(C(=O)c2ccccc2)=C1C. The number of thiocarbonyl (C=S) groups is 1. The summed E-state index contributed by atoms with van der Waals surface area (Å²) in [5.74, 6) is -0.00322. The van der Waals surface area contributed by atoms with E-state index in [1.54, 1.807) is 0 Å². The Balaban J connectivity index is 2.14. The standard InChI is InChI=1S/C20H19ClN2OS/c1-3-23-13(2)17(19(24)14-8-5-4-6-9-14)18(22-20(23)25)15-10-7-11-16(21)12-15/h4-12,18H,3H2,1-2H3,(H,22,25). The summed E-state index contributed by atoms with van der Waals surface area (Å²) in [5, 5.41) is 4.56. The van der Waals surface area contributed by atoms with E-state index in [1.165, 1.54) is 0 Å². The van der Waals surface area contributed by atoms with E-state index in [1.807, 2.05) is 73.3 Å². The van der Waals surface area contributed by atoms with Crippen LogP contribution in [0.15, 0.2) is 65.9 Å². The normalized spacial score (nSPS) is 17.5. The molecule has 0 radical (unpaired) electrons. The quantitative estimate of drug-likeness (QED) is 0.622. The van der Waals surface area contributed by atoms with Crippen LogP contribution in [0.4, 0.5) is 0 Å². The topological polar surface area (TPSA) is 32.3 Å². The number of hydrogen-bond acceptors (Lipinski definition) is 2. The predicted molar refractivity (Wildman–Crippen MR) is 106 cm³/mol. The van der Waals surface area contributed by atoms with Crippen molar-refractivity contribution < 1.29 is 4.79 Å². The molecule has 0 aromatic heterocycles. The summed E-state index contributed by atoms with van der Waals surface area (Å²) < 4.78 is 0. The number of halogens is 1. The molecular weight excluding hydrogens is 352 g/mol. The van der Waals surface area contributed by atoms with Crippen molar-refractivity contribution >= 4 is 34.7 Å². The minimum Gasteiger partial charge on any atom is -0.351 e. The number of carbonyl (C=O) groups excluding carboxylic acids is 1. The fraction of sp³-hybridized carbons (Fsp3) is 0.200. The molecule has 3 nitrogen and oxygen atoms in total. The molecule has 1 aliphatic rings. The molecule has 5 heteroatoms. The van der Waals surface area contributed by atoms with Crippen molar-refractivity contribution in [2.45, 2.75) is 19.9 Å². The average Bonchev–Trinajstić information content (AvgIpc) is 2.62. The van der Waals surface area contributed by atoms with Crippen molar-refractivity contribution in [1.82, 2.24) is 10.2 Å². The number of rotatable bonds is 4. The average molecular weight is 371 g/mol. The van der Waals surface area contributed by atoms with Crippen molar-refractivity contribution in [2.75, 3.05) is 6.54 Å². The van der Waals surface area contributed by atoms with Gasteiger partial charge in [0.15, 0.2) is 10.9 Å². The first-order valence-electron chi connectivity index (χ1n) is 8.17. The van der Waals surface area contributed by atoms with E-state index in [9.17, 15) is 4.79 Å². The van der Waals surface area contributed by atoms with E-state index in [4.69, 9.17) is 23.8 Å². The largest absolute Gasteiger partial charge is 0.351 e. The molecule has 1 atom stereocenters. The number of nitrogens with zero attached hydrogens (tertiary/aromatic N) is 1. The molecule has 0 saturated heterocycles. The number of carbonyl (C=O) groups is 1. The van der Waals surface area contributed by atoms with E-state index in [0.29, 0.717) is 27.8 Å². The lowest BCUT2D eigenvalue weighted by atomic mass is 9.89. The second kappa shape index (κ2) is 7.38. The Morgan fingerprint density at radius 2 is 1.92 bits per heavy atom. The summed E-state index contributed by atoms with van der Waals surface area (Å²) in [6.07, 6.45) is 0. The Hall–Kier alpha value is -2.17. The van der Waals surface area contributed by atoms with Gasteiger partial charge in [0.05, 0.1) is 6.04 Å². The smallest absolute Gasteiger partial charge is 0.193 e. The second-order valence-corrected chi connectivity index (χ2v) is 6.70. The molecule has 2 aromatic carbocycles. The maximum Gasteiger partial charge on any atom is 0.193 e. The Morgan fingerprint density at radius 1 is 1.20 bits per heavy atom. The van der Waals surface area contributed by atoms with Crippen molar-refractivity contribution in [3.05, 3.63) is 82.0 Å². The van der Waals surface area contributed by atoms with Crippen LogP contribution in [0.1, 0.15) is 35.8 Å². The molecule has 128 valence electrons. The molecule has 1 N–H and O–H groups in total. The summed E-state index contributed by atoms with van der Waals surface area (Å²) in [6.45, 7) is 4.66. The van der Waals surface area contributed by atoms with Gasteiger partial charge in [-0.05, 0) is 43.8 Å². The molecule has 0 amide bonds. The first-order chi connectivity index (χ1) is 12.0. The lowest BCUT2D eigenvalue weighted by Gasteiger charge is -2.37. The Kier molecular flexibility index (Phi) is 5.21. The first-order valence-corrected chi connectivity index (χ1v) is 8.95. The van der Waals surface area contributed by atoms with Crippen LogP contribution in [0, 0.1) is 0 Å². The zero-order chi connectivity index (χ0) is 18.0. The minimum atomic E-state index is -0.318. The second-order valence-electron chi connectivity index (χ2n) is 5.88. The minimum absolute atomic E-state index is 0.00322. The number of hydrogen-bond donors (Lipinski definition) is 1. The third kappa shape index (κ3) is 3.46. The highest BCUT2D eigenvalue weighted by molar-refractivity contribution is 7.80. The summed E-state index contributed by atoms with van der Waals surface area (Å²) in [4.78, 5) is 15.2. The molecule has 1 unspecified atom stereocenters. The van der Waals surface area contributed by atoms with Gasteiger partial charge in [0.1, 0.15) is 0 Å². The Morgan fingerprint density at radius 3 is 2.56 bits per heavy atom. The van der Waals surface area contributed by atoms with E-state index < -0.39 is 0 Å². The van der Waals surface area contributed by atoms with Crippen molar-refractivity contribution in [3.63, 3.8) is 0 Å². The Bertz CT molecular complexity index is 848. The molecule has 0 aliphatic carbocycles. The molecule has 1 heterocycles. The van der Waals surface area contributed by atoms with Gasteiger partial charge >= 0.3 is 0 Å². The van der Waals surface area contributed by atoms with Crippen LogP contribution in [0.25, 0.3) is 0 Å². The highest BCUT2D eigenvalue weighted by atomic mass is 35.5. The fourth-order valence-electron chi connectivity index (χ4n) is 3.14. The van der Waals surface area contributed by atoms with Crippen LogP contribution in [0.2, 0.25) is 5.02 Å². The maximum absolute atomic E-state index is 13.2. The molecule has 2 aromatic rings. The highest BCUT2D eigenvalue weighted by Gasteiger charge is 2.33. The molecular formula is C20H19ClN2OS. The predicted octanol–water partition coefficient (Wildman–Crippen LogP) is 4.75. The number of nitrogens with one attached hydrogen (secondary N) is 1. The van der Waals surface area contributed by atoms with Gasteiger partial charge in [-0.2, -0.15) is 0 Å². The summed E-state index contributed by atoms with van der Waals surface area (Å²) in [6, 6.07) is 16.5. The first kappa shape index (κ1) is 17.6. The van der Waals surface area contributed by atoms with Gasteiger partial charge in [0, 0.05) is 28.4 Å². The number of ketones is 1. The number of allylic oxidation sites excluding steroid dienone is 1. The van der Waals surface area contributed by atoms with Gasteiger partial charge in [0.25, 0.3) is 0 Å². The molecule has 1 aliphatic heterocycles. The maximum atomic E-state index is 13.2. The van der Waals surface area contributed by atoms with Crippen molar-refractivity contribution in [2.24, 2.45) is 0 Å². The van der Waals surface area contributed by atoms with Gasteiger partial charge in [0.2, 0.25) is 0 Å². The van der Waals surface area contributed by atoms with Crippen LogP contribution in [-0.2, 0) is 0 Å². The van der Waals surface area contributed by atoms with Crippen LogP contribution in [-0.4, -0.2) is 22.3 Å². The molecule has 0 saturated carbocycles. The van der Waals surface area contributed by atoms with Gasteiger partial charge < -0.3 is 10.2 Å². The molecule has 0 spiro atoms. The summed E-state index contributed by atoms with van der Waals surface area (Å²) in [5.41, 5.74) is 3.16. The number of Topliss-reactive ketones (excluding diaryl/α,β-unsaturated/α-hetero) is 1. The zero-order valence-electron chi connectivity index (χ0n) is 14.1. The fourth-order valence-corrected chi connectivity index (χ4v) is 3.72. The van der Waals surface area contributed by atoms with Gasteiger partial charge in [-0.1, -0.05) is 54.1 Å². The van der Waals surface area contributed by atoms with E-state index >= 15 is 0 Å². The Labute approximate surface area is 158 Å². The zero-order valence-corrected chi connectivity index (χ0v) is 15.7. The molecule has 25 heavy (non-hydrogen) atoms. The summed E-state index contributed by atoms with van der Waals surface area (Å²) >= 11 is 11.7. The third-order valence-corrected chi connectivity index (χ3v) is 4.95. The third-order valence-electron chi connectivity index (χ3n) is 4.38. The van der Waals surface area contributed by atoms with Crippen LogP contribution >= 0.6 is 23.8 Å². The van der Waals surface area contributed by atoms with Crippen LogP contribution in [0.3, 0.4) is 0 Å². The van der Waals surface area contributed by atoms with E-state index in [0.717, 1.165) is 11.3 Å².